The van der Waals surface area contributed by atoms with Gasteiger partial charge < -0.3 is 15.7 Å². The van der Waals surface area contributed by atoms with Crippen LogP contribution in [0.5, 0.6) is 5.75 Å². The zero-order chi connectivity index (χ0) is 14.6. The van der Waals surface area contributed by atoms with Crippen molar-refractivity contribution < 1.29 is 14.6 Å². The molecule has 0 aliphatic rings. The van der Waals surface area contributed by atoms with Crippen LogP contribution in [0.3, 0.4) is 0 Å². The van der Waals surface area contributed by atoms with Crippen LogP contribution < -0.4 is 5.73 Å². The summed E-state index contributed by atoms with van der Waals surface area (Å²) < 4.78 is 12.3. The van der Waals surface area contributed by atoms with Crippen LogP contribution in [0, 0.1) is 0 Å². The molecule has 0 aliphatic heterocycles. The summed E-state index contributed by atoms with van der Waals surface area (Å²) in [6, 6.07) is 15.6. The van der Waals surface area contributed by atoms with Crippen LogP contribution in [-0.4, -0.2) is 16.2 Å². The van der Waals surface area contributed by atoms with Crippen molar-refractivity contribution in [1.29, 1.82) is 0 Å². The van der Waals surface area contributed by atoms with E-state index in [0.717, 1.165) is 5.56 Å². The summed E-state index contributed by atoms with van der Waals surface area (Å²) in [5, 5.41) is 9.22. The Morgan fingerprint density at radius 2 is 1.65 bits per heavy atom. The molecule has 2 rings (SSSR count). The molecule has 0 aliphatic carbocycles. The molecule has 0 amide bonds. The zero-order valence-corrected chi connectivity index (χ0v) is 11.9. The van der Waals surface area contributed by atoms with E-state index in [-0.39, 0.29) is 11.9 Å². The first-order chi connectivity index (χ1) is 9.49. The molecule has 4 nitrogen and oxygen atoms in total. The van der Waals surface area contributed by atoms with Gasteiger partial charge >= 0.3 is 0 Å². The van der Waals surface area contributed by atoms with E-state index < -0.39 is 13.2 Å². The Bertz CT molecular complexity index is 598. The average Bonchev–Trinajstić information content (AvgIpc) is 2.46. The summed E-state index contributed by atoms with van der Waals surface area (Å²) in [5.41, 5.74) is 7.46. The van der Waals surface area contributed by atoms with Crippen molar-refractivity contribution >= 4 is 7.37 Å². The van der Waals surface area contributed by atoms with Gasteiger partial charge in [0.2, 0.25) is 7.37 Å². The van der Waals surface area contributed by atoms with Crippen LogP contribution in [0.2, 0.25) is 0 Å². The molecule has 0 spiro atoms. The topological polar surface area (TPSA) is 83.5 Å². The lowest BCUT2D eigenvalue weighted by atomic mass is 10.2. The van der Waals surface area contributed by atoms with Gasteiger partial charge in [-0.15, -0.1) is 0 Å². The first kappa shape index (κ1) is 14.8. The molecular weight excluding hydrogens is 273 g/mol. The summed E-state index contributed by atoms with van der Waals surface area (Å²) in [6.07, 6.45) is 0.652. The Morgan fingerprint density at radius 1 is 1.05 bits per heavy atom. The summed E-state index contributed by atoms with van der Waals surface area (Å²) in [6.45, 7) is 0. The highest BCUT2D eigenvalue weighted by Gasteiger charge is 2.28. The van der Waals surface area contributed by atoms with Gasteiger partial charge in [-0.05, 0) is 29.7 Å². The SMILES string of the molecule is N[C@H](c1ccc(O)cc1)P(=O)(O)CCc1ccccc1. The molecule has 20 heavy (non-hydrogen) atoms. The van der Waals surface area contributed by atoms with Gasteiger partial charge in [0.15, 0.2) is 0 Å². The summed E-state index contributed by atoms with van der Waals surface area (Å²) in [5.74, 6) is -0.815. The highest BCUT2D eigenvalue weighted by molar-refractivity contribution is 7.58. The third kappa shape index (κ3) is 3.70. The highest BCUT2D eigenvalue weighted by atomic mass is 31.2. The Balaban J connectivity index is 2.06. The van der Waals surface area contributed by atoms with Crippen LogP contribution in [0.1, 0.15) is 16.9 Å². The molecule has 0 fully saturated rings. The van der Waals surface area contributed by atoms with Gasteiger partial charge in [0.25, 0.3) is 0 Å². The quantitative estimate of drug-likeness (QED) is 0.740. The molecule has 0 saturated heterocycles. The van der Waals surface area contributed by atoms with E-state index in [1.807, 2.05) is 30.3 Å². The third-order valence-corrected chi connectivity index (χ3v) is 5.26. The first-order valence-electron chi connectivity index (χ1n) is 6.39. The minimum Gasteiger partial charge on any atom is -0.508 e. The van der Waals surface area contributed by atoms with Crippen LogP contribution in [0.15, 0.2) is 54.6 Å². The Hall–Kier alpha value is -1.61. The summed E-state index contributed by atoms with van der Waals surface area (Å²) >= 11 is 0. The van der Waals surface area contributed by atoms with Crippen molar-refractivity contribution in [1.82, 2.24) is 0 Å². The molecule has 0 heterocycles. The van der Waals surface area contributed by atoms with Gasteiger partial charge in [-0.2, -0.15) is 0 Å². The molecule has 0 saturated carbocycles. The van der Waals surface area contributed by atoms with E-state index in [0.29, 0.717) is 12.0 Å². The fourth-order valence-corrected chi connectivity index (χ4v) is 3.47. The second kappa shape index (κ2) is 6.23. The molecule has 2 atom stereocenters. The largest absolute Gasteiger partial charge is 0.508 e. The zero-order valence-electron chi connectivity index (χ0n) is 11.0. The van der Waals surface area contributed by atoms with Crippen molar-refractivity contribution in [2.45, 2.75) is 12.2 Å². The van der Waals surface area contributed by atoms with Gasteiger partial charge in [0.1, 0.15) is 11.5 Å². The summed E-state index contributed by atoms with van der Waals surface area (Å²) in [4.78, 5) is 10.1. The smallest absolute Gasteiger partial charge is 0.221 e. The summed E-state index contributed by atoms with van der Waals surface area (Å²) in [7, 11) is -3.49. The molecule has 0 bridgehead atoms. The maximum Gasteiger partial charge on any atom is 0.221 e. The van der Waals surface area contributed by atoms with Crippen molar-refractivity contribution in [3.05, 3.63) is 65.7 Å². The Kier molecular flexibility index (Phi) is 4.61. The minimum absolute atomic E-state index is 0.109. The van der Waals surface area contributed by atoms with Gasteiger partial charge in [-0.1, -0.05) is 42.5 Å². The molecule has 2 aromatic rings. The molecular formula is C15H18NO3P. The Morgan fingerprint density at radius 3 is 2.25 bits per heavy atom. The molecule has 2 aromatic carbocycles. The molecule has 0 aromatic heterocycles. The fourth-order valence-electron chi connectivity index (χ4n) is 1.98. The second-order valence-corrected chi connectivity index (χ2v) is 7.27. The number of rotatable bonds is 5. The lowest BCUT2D eigenvalue weighted by Crippen LogP contribution is -2.13. The highest BCUT2D eigenvalue weighted by Crippen LogP contribution is 2.52. The number of aromatic hydroxyl groups is 1. The Labute approximate surface area is 118 Å². The van der Waals surface area contributed by atoms with Crippen molar-refractivity contribution in [3.8, 4) is 5.75 Å². The normalized spacial score (nSPS) is 15.5. The number of benzene rings is 2. The van der Waals surface area contributed by atoms with E-state index in [1.165, 1.54) is 12.1 Å². The molecule has 0 radical (unpaired) electrons. The van der Waals surface area contributed by atoms with Gasteiger partial charge in [0.05, 0.1) is 0 Å². The number of hydrogen-bond acceptors (Lipinski definition) is 3. The lowest BCUT2D eigenvalue weighted by Gasteiger charge is -2.19. The van der Waals surface area contributed by atoms with Gasteiger partial charge in [-0.25, -0.2) is 0 Å². The second-order valence-electron chi connectivity index (χ2n) is 4.75. The third-order valence-electron chi connectivity index (χ3n) is 3.23. The van der Waals surface area contributed by atoms with E-state index in [1.54, 1.807) is 12.1 Å². The maximum absolute atomic E-state index is 12.3. The van der Waals surface area contributed by atoms with E-state index in [2.05, 4.69) is 0 Å². The van der Waals surface area contributed by atoms with Gasteiger partial charge in [0, 0.05) is 6.16 Å². The molecule has 5 heteroatoms. The average molecular weight is 291 g/mol. The number of phenols is 1. The number of phenolic OH excluding ortho intramolecular Hbond substituents is 1. The predicted octanol–water partition coefficient (Wildman–Crippen LogP) is 2.86. The molecule has 1 unspecified atom stereocenters. The first-order valence-corrected chi connectivity index (χ1v) is 8.30. The van der Waals surface area contributed by atoms with Gasteiger partial charge in [-0.3, -0.25) is 4.57 Å². The van der Waals surface area contributed by atoms with Crippen molar-refractivity contribution in [3.63, 3.8) is 0 Å². The van der Waals surface area contributed by atoms with E-state index in [4.69, 9.17) is 5.73 Å². The van der Waals surface area contributed by atoms with E-state index >= 15 is 0 Å². The van der Waals surface area contributed by atoms with Crippen LogP contribution in [0.25, 0.3) is 0 Å². The standard InChI is InChI=1S/C15H18NO3P/c16-15(13-6-8-14(17)9-7-13)20(18,19)11-10-12-4-2-1-3-5-12/h1-9,15,17H,10-11,16H2,(H,18,19)/t15-/m0/s1. The number of aryl methyl sites for hydroxylation is 1. The van der Waals surface area contributed by atoms with E-state index in [9.17, 15) is 14.6 Å². The van der Waals surface area contributed by atoms with Crippen LogP contribution in [0.4, 0.5) is 0 Å². The predicted molar refractivity (Wildman–Crippen MR) is 79.9 cm³/mol. The van der Waals surface area contributed by atoms with Crippen molar-refractivity contribution in [2.75, 3.05) is 6.16 Å². The molecule has 106 valence electrons. The lowest BCUT2D eigenvalue weighted by molar-refractivity contribution is 0.463. The van der Waals surface area contributed by atoms with Crippen LogP contribution in [-0.2, 0) is 11.0 Å². The van der Waals surface area contributed by atoms with Crippen molar-refractivity contribution in [2.24, 2.45) is 5.73 Å². The fraction of sp³-hybridized carbons (Fsp3) is 0.200. The molecule has 4 N–H and O–H groups in total. The minimum atomic E-state index is -3.49. The number of hydrogen-bond donors (Lipinski definition) is 3. The monoisotopic (exact) mass is 291 g/mol. The maximum atomic E-state index is 12.3. The van der Waals surface area contributed by atoms with Crippen LogP contribution >= 0.6 is 7.37 Å². The number of nitrogens with two attached hydrogens (primary N) is 1.